The molecule has 3 heterocycles. The number of nitrogens with zero attached hydrogens (tertiary/aromatic N) is 2. The number of rotatable bonds is 7. The quantitative estimate of drug-likeness (QED) is 0.466. The van der Waals surface area contributed by atoms with Gasteiger partial charge in [-0.2, -0.15) is 4.98 Å². The molecule has 0 aliphatic carbocycles. The van der Waals surface area contributed by atoms with Gasteiger partial charge < -0.3 is 23.9 Å². The molecule has 2 saturated heterocycles. The topological polar surface area (TPSA) is 95.7 Å². The van der Waals surface area contributed by atoms with Gasteiger partial charge in [0, 0.05) is 12.8 Å². The first-order valence-electron chi connectivity index (χ1n) is 12.3. The van der Waals surface area contributed by atoms with Crippen LogP contribution in [0.3, 0.4) is 0 Å². The van der Waals surface area contributed by atoms with Crippen molar-refractivity contribution < 1.29 is 23.4 Å². The van der Waals surface area contributed by atoms with Gasteiger partial charge in [-0.15, -0.1) is 0 Å². The molecule has 2 aliphatic heterocycles. The van der Waals surface area contributed by atoms with Gasteiger partial charge in [-0.1, -0.05) is 31.2 Å². The molecular formula is C25H40BN3O5. The van der Waals surface area contributed by atoms with E-state index >= 15 is 0 Å². The van der Waals surface area contributed by atoms with Gasteiger partial charge in [0.15, 0.2) is 5.82 Å². The second kappa shape index (κ2) is 10.3. The van der Waals surface area contributed by atoms with Crippen molar-refractivity contribution >= 4 is 13.0 Å². The van der Waals surface area contributed by atoms with Gasteiger partial charge in [0.1, 0.15) is 0 Å². The van der Waals surface area contributed by atoms with E-state index in [1.165, 1.54) is 6.08 Å². The van der Waals surface area contributed by atoms with Crippen molar-refractivity contribution in [1.82, 2.24) is 15.5 Å². The molecule has 34 heavy (non-hydrogen) atoms. The van der Waals surface area contributed by atoms with E-state index in [9.17, 15) is 4.79 Å². The normalized spacial score (nSPS) is 30.0. The third kappa shape index (κ3) is 6.17. The number of hydrogen-bond acceptors (Lipinski definition) is 7. The fourth-order valence-electron chi connectivity index (χ4n) is 4.19. The van der Waals surface area contributed by atoms with Crippen molar-refractivity contribution in [2.45, 2.75) is 111 Å². The number of aromatic nitrogens is 2. The van der Waals surface area contributed by atoms with E-state index in [2.05, 4.69) is 56.2 Å². The Hall–Kier alpha value is -1.97. The minimum Gasteiger partial charge on any atom is -0.400 e. The summed E-state index contributed by atoms with van der Waals surface area (Å²) in [6.07, 6.45) is 7.12. The molecule has 1 aromatic rings. The van der Waals surface area contributed by atoms with Crippen molar-refractivity contribution in [2.24, 2.45) is 5.92 Å². The largest absolute Gasteiger partial charge is 0.489 e. The maximum atomic E-state index is 12.5. The van der Waals surface area contributed by atoms with E-state index in [1.807, 2.05) is 20.8 Å². The van der Waals surface area contributed by atoms with Crippen molar-refractivity contribution in [3.05, 3.63) is 35.4 Å². The van der Waals surface area contributed by atoms with Crippen LogP contribution in [-0.4, -0.2) is 52.6 Å². The zero-order valence-corrected chi connectivity index (χ0v) is 22.0. The predicted octanol–water partition coefficient (Wildman–Crippen LogP) is 4.30. The second-order valence-corrected chi connectivity index (χ2v) is 10.8. The van der Waals surface area contributed by atoms with Crippen LogP contribution in [0.4, 0.5) is 0 Å². The highest BCUT2D eigenvalue weighted by molar-refractivity contribution is 6.54. The van der Waals surface area contributed by atoms with E-state index in [0.29, 0.717) is 17.6 Å². The monoisotopic (exact) mass is 473 g/mol. The number of hydrogen-bond donors (Lipinski definition) is 1. The molecule has 5 atom stereocenters. The van der Waals surface area contributed by atoms with Crippen LogP contribution in [0.5, 0.6) is 0 Å². The molecule has 0 spiro atoms. The average molecular weight is 473 g/mol. The zero-order valence-electron chi connectivity index (χ0n) is 22.0. The first kappa shape index (κ1) is 26.6. The van der Waals surface area contributed by atoms with Gasteiger partial charge in [-0.25, -0.2) is 0 Å². The number of allylic oxidation sites excluding steroid dienone is 2. The molecule has 0 aromatic carbocycles. The van der Waals surface area contributed by atoms with E-state index in [-0.39, 0.29) is 48.4 Å². The van der Waals surface area contributed by atoms with Crippen LogP contribution in [0.2, 0.25) is 0 Å². The molecule has 1 unspecified atom stereocenters. The van der Waals surface area contributed by atoms with Crippen LogP contribution >= 0.6 is 0 Å². The molecule has 0 bridgehead atoms. The average Bonchev–Trinajstić information content (AvgIpc) is 3.27. The first-order chi connectivity index (χ1) is 15.8. The van der Waals surface area contributed by atoms with Crippen molar-refractivity contribution in [3.63, 3.8) is 0 Å². The fraction of sp³-hybridized carbons (Fsp3) is 0.720. The standard InChI is InChI=1S/C25H40BN3O5/c1-15(23-27-19(5)32-29-23)10-13-22(30)28-20-14-16(2)21(31-18(20)4)12-11-17(3)26-33-24(6,7)25(8,9)34-26/h10-11,13,15-16,18,20-21H,12,14H2,1-9H3,(H,28,30)/b13-10-,17-11-/t15?,16-,18+,20+,21-/m0/s1. The third-order valence-corrected chi connectivity index (χ3v) is 7.33. The van der Waals surface area contributed by atoms with Crippen molar-refractivity contribution in [3.8, 4) is 0 Å². The Morgan fingerprint density at radius 2 is 1.88 bits per heavy atom. The lowest BCUT2D eigenvalue weighted by atomic mass is 9.78. The highest BCUT2D eigenvalue weighted by Gasteiger charge is 2.51. The Kier molecular flexibility index (Phi) is 8.10. The summed E-state index contributed by atoms with van der Waals surface area (Å²) < 4.78 is 23.6. The smallest absolute Gasteiger partial charge is 0.400 e. The maximum Gasteiger partial charge on any atom is 0.489 e. The Labute approximate surface area is 204 Å². The molecule has 8 nitrogen and oxygen atoms in total. The maximum absolute atomic E-state index is 12.5. The predicted molar refractivity (Wildman–Crippen MR) is 131 cm³/mol. The first-order valence-corrected chi connectivity index (χ1v) is 12.3. The summed E-state index contributed by atoms with van der Waals surface area (Å²) >= 11 is 0. The molecule has 0 saturated carbocycles. The molecule has 1 aromatic heterocycles. The van der Waals surface area contributed by atoms with Gasteiger partial charge in [0.25, 0.3) is 0 Å². The van der Waals surface area contributed by atoms with E-state index < -0.39 is 0 Å². The van der Waals surface area contributed by atoms with Gasteiger partial charge >= 0.3 is 7.12 Å². The van der Waals surface area contributed by atoms with E-state index in [0.717, 1.165) is 18.3 Å². The Morgan fingerprint density at radius 3 is 2.47 bits per heavy atom. The Balaban J connectivity index is 1.50. The van der Waals surface area contributed by atoms with Crippen molar-refractivity contribution in [2.75, 3.05) is 0 Å². The summed E-state index contributed by atoms with van der Waals surface area (Å²) in [6, 6.07) is -0.0423. The SMILES string of the molecule is C/C(=C/C[C@@H]1O[C@H](C)[C@H](NC(=O)/C=C\C(C)c2noc(C)n2)C[C@@H]1C)B1OC(C)(C)C(C)(C)O1. The van der Waals surface area contributed by atoms with E-state index in [4.69, 9.17) is 18.6 Å². The summed E-state index contributed by atoms with van der Waals surface area (Å²) in [4.78, 5) is 16.7. The minimum absolute atomic E-state index is 0.0423. The number of amides is 1. The van der Waals surface area contributed by atoms with E-state index in [1.54, 1.807) is 13.0 Å². The molecule has 2 fully saturated rings. The zero-order chi connectivity index (χ0) is 25.3. The lowest BCUT2D eigenvalue weighted by Gasteiger charge is -2.39. The van der Waals surface area contributed by atoms with Crippen LogP contribution in [0.15, 0.2) is 28.2 Å². The summed E-state index contributed by atoms with van der Waals surface area (Å²) in [7, 11) is -0.334. The number of ether oxygens (including phenoxy) is 1. The summed E-state index contributed by atoms with van der Waals surface area (Å²) in [5, 5.41) is 6.99. The van der Waals surface area contributed by atoms with Crippen LogP contribution in [-0.2, 0) is 18.8 Å². The third-order valence-electron chi connectivity index (χ3n) is 7.33. The highest BCUT2D eigenvalue weighted by atomic mass is 16.7. The van der Waals surface area contributed by atoms with Crippen molar-refractivity contribution in [1.29, 1.82) is 0 Å². The highest BCUT2D eigenvalue weighted by Crippen LogP contribution is 2.38. The number of carbonyl (C=O) groups is 1. The number of carbonyl (C=O) groups excluding carboxylic acids is 1. The van der Waals surface area contributed by atoms with Crippen LogP contribution in [0.25, 0.3) is 0 Å². The fourth-order valence-corrected chi connectivity index (χ4v) is 4.19. The van der Waals surface area contributed by atoms with Crippen LogP contribution in [0, 0.1) is 12.8 Å². The lowest BCUT2D eigenvalue weighted by Crippen LogP contribution is -2.50. The van der Waals surface area contributed by atoms with Crippen LogP contribution < -0.4 is 5.32 Å². The van der Waals surface area contributed by atoms with Gasteiger partial charge in [-0.05, 0) is 71.9 Å². The Morgan fingerprint density at radius 1 is 1.24 bits per heavy atom. The van der Waals surface area contributed by atoms with Gasteiger partial charge in [0.2, 0.25) is 11.8 Å². The number of aryl methyl sites for hydroxylation is 1. The second-order valence-electron chi connectivity index (χ2n) is 10.8. The van der Waals surface area contributed by atoms with Gasteiger partial charge in [0.05, 0.1) is 29.5 Å². The lowest BCUT2D eigenvalue weighted by molar-refractivity contribution is -0.123. The molecule has 3 rings (SSSR count). The summed E-state index contributed by atoms with van der Waals surface area (Å²) in [5.74, 6) is 1.13. The number of nitrogens with one attached hydrogen (secondary N) is 1. The molecule has 9 heteroatoms. The minimum atomic E-state index is -0.349. The Bertz CT molecular complexity index is 909. The summed E-state index contributed by atoms with van der Waals surface area (Å²) in [6.45, 7) is 18.1. The molecule has 188 valence electrons. The van der Waals surface area contributed by atoms with Crippen LogP contribution in [0.1, 0.15) is 85.9 Å². The molecule has 2 aliphatic rings. The molecule has 0 radical (unpaired) electrons. The molecule has 1 N–H and O–H groups in total. The van der Waals surface area contributed by atoms with Gasteiger partial charge in [-0.3, -0.25) is 4.79 Å². The molecule has 1 amide bonds. The molecular weight excluding hydrogens is 433 g/mol. The summed E-state index contributed by atoms with van der Waals surface area (Å²) in [5.41, 5.74) is 0.365.